The van der Waals surface area contributed by atoms with Crippen molar-refractivity contribution in [1.29, 1.82) is 0 Å². The van der Waals surface area contributed by atoms with Crippen molar-refractivity contribution < 1.29 is 5.11 Å². The minimum Gasteiger partial charge on any atom is -0.387 e. The van der Waals surface area contributed by atoms with Gasteiger partial charge >= 0.3 is 0 Å². The van der Waals surface area contributed by atoms with Crippen LogP contribution in [0.5, 0.6) is 0 Å². The number of rotatable bonds is 4. The molecule has 0 aliphatic rings. The van der Waals surface area contributed by atoms with Crippen LogP contribution in [0.2, 0.25) is 4.34 Å². The van der Waals surface area contributed by atoms with Crippen LogP contribution in [-0.4, -0.2) is 5.11 Å². The monoisotopic (exact) mass is 272 g/mol. The summed E-state index contributed by atoms with van der Waals surface area (Å²) in [6.45, 7) is 2.11. The third-order valence-corrected chi connectivity index (χ3v) is 4.80. The maximum absolute atomic E-state index is 10.2. The van der Waals surface area contributed by atoms with Crippen LogP contribution in [0, 0.1) is 0 Å². The van der Waals surface area contributed by atoms with E-state index in [9.17, 15) is 5.11 Å². The summed E-state index contributed by atoms with van der Waals surface area (Å²) in [5, 5.41) is 12.2. The van der Waals surface area contributed by atoms with Gasteiger partial charge in [0.25, 0.3) is 0 Å². The lowest BCUT2D eigenvalue weighted by molar-refractivity contribution is 0.182. The Hall–Kier alpha value is -0.350. The molecule has 1 N–H and O–H groups in total. The minimum absolute atomic E-state index is 0.398. The van der Waals surface area contributed by atoms with E-state index < -0.39 is 6.10 Å². The zero-order chi connectivity index (χ0) is 11.5. The molecule has 86 valence electrons. The molecule has 2 aromatic heterocycles. The quantitative estimate of drug-likeness (QED) is 0.880. The van der Waals surface area contributed by atoms with E-state index in [1.165, 1.54) is 16.9 Å². The molecule has 16 heavy (non-hydrogen) atoms. The second kappa shape index (κ2) is 5.32. The van der Waals surface area contributed by atoms with E-state index in [2.05, 4.69) is 13.0 Å². The summed E-state index contributed by atoms with van der Waals surface area (Å²) in [6.07, 6.45) is 1.23. The Morgan fingerprint density at radius 1 is 1.38 bits per heavy atom. The first kappa shape index (κ1) is 12.1. The Morgan fingerprint density at radius 2 is 2.19 bits per heavy atom. The normalized spacial score (nSPS) is 12.9. The number of aliphatic hydroxyl groups excluding tert-OH is 1. The highest BCUT2D eigenvalue weighted by Gasteiger charge is 2.14. The fourth-order valence-corrected chi connectivity index (χ4v) is 3.78. The number of halogens is 1. The third kappa shape index (κ3) is 2.66. The summed E-state index contributed by atoms with van der Waals surface area (Å²) < 4.78 is 0.782. The lowest BCUT2D eigenvalue weighted by Crippen LogP contribution is -2.00. The van der Waals surface area contributed by atoms with Gasteiger partial charge in [-0.1, -0.05) is 18.5 Å². The molecule has 0 saturated heterocycles. The van der Waals surface area contributed by atoms with Gasteiger partial charge in [-0.05, 0) is 35.6 Å². The van der Waals surface area contributed by atoms with Crippen molar-refractivity contribution in [1.82, 2.24) is 0 Å². The number of aryl methyl sites for hydroxylation is 1. The van der Waals surface area contributed by atoms with Crippen molar-refractivity contribution >= 4 is 34.3 Å². The van der Waals surface area contributed by atoms with E-state index in [0.29, 0.717) is 6.42 Å². The van der Waals surface area contributed by atoms with Gasteiger partial charge in [0, 0.05) is 16.2 Å². The molecule has 1 atom stereocenters. The summed E-state index contributed by atoms with van der Waals surface area (Å²) in [6, 6.07) is 5.95. The van der Waals surface area contributed by atoms with Crippen molar-refractivity contribution in [3.8, 4) is 0 Å². The van der Waals surface area contributed by atoms with Gasteiger partial charge in [0.2, 0.25) is 0 Å². The molecule has 0 radical (unpaired) electrons. The summed E-state index contributed by atoms with van der Waals surface area (Å²) in [7, 11) is 0. The van der Waals surface area contributed by atoms with Crippen LogP contribution in [0.25, 0.3) is 0 Å². The van der Waals surface area contributed by atoms with Gasteiger partial charge < -0.3 is 5.11 Å². The summed E-state index contributed by atoms with van der Waals surface area (Å²) >= 11 is 9.03. The molecular weight excluding hydrogens is 260 g/mol. The molecule has 0 amide bonds. The highest BCUT2D eigenvalue weighted by molar-refractivity contribution is 7.16. The van der Waals surface area contributed by atoms with Crippen LogP contribution in [-0.2, 0) is 12.8 Å². The lowest BCUT2D eigenvalue weighted by atomic mass is 10.1. The van der Waals surface area contributed by atoms with E-state index >= 15 is 0 Å². The van der Waals surface area contributed by atoms with Crippen LogP contribution in [0.1, 0.15) is 28.3 Å². The van der Waals surface area contributed by atoms with Crippen LogP contribution in [0.3, 0.4) is 0 Å². The molecule has 0 saturated carbocycles. The lowest BCUT2D eigenvalue weighted by Gasteiger charge is -2.09. The Labute approximate surface area is 108 Å². The molecule has 0 fully saturated rings. The van der Waals surface area contributed by atoms with E-state index in [-0.39, 0.29) is 0 Å². The fraction of sp³-hybridized carbons (Fsp3) is 0.333. The molecule has 1 unspecified atom stereocenters. The minimum atomic E-state index is -0.398. The average Bonchev–Trinajstić information content (AvgIpc) is 2.86. The van der Waals surface area contributed by atoms with Gasteiger partial charge in [0.05, 0.1) is 10.4 Å². The van der Waals surface area contributed by atoms with Gasteiger partial charge in [-0.3, -0.25) is 0 Å². The summed E-state index contributed by atoms with van der Waals surface area (Å²) in [5.41, 5.74) is 1.25. The van der Waals surface area contributed by atoms with Crippen molar-refractivity contribution in [2.75, 3.05) is 0 Å². The second-order valence-electron chi connectivity index (χ2n) is 3.59. The topological polar surface area (TPSA) is 20.2 Å². The highest BCUT2D eigenvalue weighted by Crippen LogP contribution is 2.30. The number of hydrogen-bond donors (Lipinski definition) is 1. The van der Waals surface area contributed by atoms with Gasteiger partial charge in [0.15, 0.2) is 0 Å². The SMILES string of the molecule is CCc1ccsc1C(O)Cc1ccc(Cl)s1. The van der Waals surface area contributed by atoms with Crippen molar-refractivity contribution in [2.45, 2.75) is 25.9 Å². The molecule has 1 nitrogen and oxygen atoms in total. The van der Waals surface area contributed by atoms with Gasteiger partial charge in [0.1, 0.15) is 0 Å². The molecule has 4 heteroatoms. The predicted molar refractivity (Wildman–Crippen MR) is 71.7 cm³/mol. The Kier molecular flexibility index (Phi) is 4.03. The number of hydrogen-bond acceptors (Lipinski definition) is 3. The summed E-state index contributed by atoms with van der Waals surface area (Å²) in [5.74, 6) is 0. The molecule has 0 spiro atoms. The first-order chi connectivity index (χ1) is 7.70. The van der Waals surface area contributed by atoms with E-state index in [4.69, 9.17) is 11.6 Å². The molecule has 0 aliphatic carbocycles. The largest absolute Gasteiger partial charge is 0.387 e. The average molecular weight is 273 g/mol. The van der Waals surface area contributed by atoms with Gasteiger partial charge in [-0.25, -0.2) is 0 Å². The summed E-state index contributed by atoms with van der Waals surface area (Å²) in [4.78, 5) is 2.22. The van der Waals surface area contributed by atoms with Crippen molar-refractivity contribution in [3.63, 3.8) is 0 Å². The number of aliphatic hydroxyl groups is 1. The Bertz CT molecular complexity index is 461. The molecule has 2 rings (SSSR count). The van der Waals surface area contributed by atoms with E-state index in [1.807, 2.05) is 17.5 Å². The van der Waals surface area contributed by atoms with Gasteiger partial charge in [-0.2, -0.15) is 0 Å². The van der Waals surface area contributed by atoms with Crippen LogP contribution in [0.15, 0.2) is 23.6 Å². The van der Waals surface area contributed by atoms with Crippen LogP contribution < -0.4 is 0 Å². The maximum atomic E-state index is 10.2. The van der Waals surface area contributed by atoms with Gasteiger partial charge in [-0.15, -0.1) is 22.7 Å². The molecule has 0 aromatic carbocycles. The fourth-order valence-electron chi connectivity index (χ4n) is 1.68. The molecule has 2 aromatic rings. The standard InChI is InChI=1S/C12H13ClOS2/c1-2-8-5-6-15-12(8)10(14)7-9-3-4-11(13)16-9/h3-6,10,14H,2,7H2,1H3. The third-order valence-electron chi connectivity index (χ3n) is 2.49. The molecule has 2 heterocycles. The zero-order valence-corrected chi connectivity index (χ0v) is 11.3. The molecule has 0 aliphatic heterocycles. The zero-order valence-electron chi connectivity index (χ0n) is 8.94. The Morgan fingerprint density at radius 3 is 2.81 bits per heavy atom. The molecule has 0 bridgehead atoms. The number of thiophene rings is 2. The Balaban J connectivity index is 2.11. The van der Waals surface area contributed by atoms with Crippen molar-refractivity contribution in [3.05, 3.63) is 43.2 Å². The maximum Gasteiger partial charge on any atom is 0.0932 e. The van der Waals surface area contributed by atoms with Crippen LogP contribution in [0.4, 0.5) is 0 Å². The van der Waals surface area contributed by atoms with Crippen molar-refractivity contribution in [2.24, 2.45) is 0 Å². The predicted octanol–water partition coefficient (Wildman–Crippen LogP) is 4.30. The molecular formula is C12H13ClOS2. The first-order valence-electron chi connectivity index (χ1n) is 5.19. The van der Waals surface area contributed by atoms with Crippen LogP contribution >= 0.6 is 34.3 Å². The highest BCUT2D eigenvalue weighted by atomic mass is 35.5. The first-order valence-corrected chi connectivity index (χ1v) is 7.26. The smallest absolute Gasteiger partial charge is 0.0932 e. The second-order valence-corrected chi connectivity index (χ2v) is 6.34. The van der Waals surface area contributed by atoms with E-state index in [0.717, 1.165) is 20.5 Å². The van der Waals surface area contributed by atoms with E-state index in [1.54, 1.807) is 11.3 Å².